The highest BCUT2D eigenvalue weighted by atomic mass is 35.5. The van der Waals surface area contributed by atoms with Crippen molar-refractivity contribution in [1.29, 1.82) is 0 Å². The number of methoxy groups -OCH3 is 2. The van der Waals surface area contributed by atoms with Gasteiger partial charge in [0.15, 0.2) is 5.82 Å². The van der Waals surface area contributed by atoms with Crippen LogP contribution in [-0.2, 0) is 23.7 Å². The number of fused-ring (bicyclic) bond motifs is 4. The maximum absolute atomic E-state index is 18.0. The molecule has 4 saturated heterocycles. The summed E-state index contributed by atoms with van der Waals surface area (Å²) in [4.78, 5) is 30.9. The molecule has 4 atom stereocenters. The van der Waals surface area contributed by atoms with Gasteiger partial charge in [-0.3, -0.25) is 9.80 Å². The van der Waals surface area contributed by atoms with Crippen LogP contribution in [0.4, 0.5) is 33.9 Å². The van der Waals surface area contributed by atoms with Crippen molar-refractivity contribution in [2.75, 3.05) is 56.8 Å². The topological polar surface area (TPSA) is 92.7 Å². The van der Waals surface area contributed by atoms with Gasteiger partial charge in [0, 0.05) is 57.5 Å². The average molecular weight is 980 g/mol. The lowest BCUT2D eigenvalue weighted by molar-refractivity contribution is 0.0122. The molecule has 0 radical (unpaired) electrons. The van der Waals surface area contributed by atoms with Crippen LogP contribution in [0.15, 0.2) is 66.7 Å². The van der Waals surface area contributed by atoms with E-state index in [0.717, 1.165) is 43.4 Å². The largest absolute Gasteiger partial charge is 0.497 e. The number of amides is 1. The second-order valence-electron chi connectivity index (χ2n) is 19.6. The van der Waals surface area contributed by atoms with Gasteiger partial charge in [-0.05, 0) is 101 Å². The molecule has 17 heteroatoms. The summed E-state index contributed by atoms with van der Waals surface area (Å²) in [6.07, 6.45) is 2.02. The SMILES string of the molecule is COc1ccc(CN(Cc2ccc(OC)cc2)c2cc(Cl)c(C(C)(F)F)c(-c3c(Cl)cc4c(N5CC6CCC(C5)N6C(=O)OC(C)(C)C)cc(OC[C@@]56CCCN5C[C@H](F)C6)nc4c3F)n2)cc1. The van der Waals surface area contributed by atoms with Crippen molar-refractivity contribution in [3.05, 3.63) is 99.3 Å². The molecule has 2 bridgehead atoms. The highest BCUT2D eigenvalue weighted by Gasteiger charge is 2.50. The van der Waals surface area contributed by atoms with E-state index in [9.17, 15) is 9.18 Å². The average Bonchev–Trinajstić information content (AvgIpc) is 3.91. The van der Waals surface area contributed by atoms with Gasteiger partial charge in [0.2, 0.25) is 5.88 Å². The number of anilines is 2. The predicted octanol–water partition coefficient (Wildman–Crippen LogP) is 11.6. The molecule has 0 saturated carbocycles. The minimum Gasteiger partial charge on any atom is -0.497 e. The van der Waals surface area contributed by atoms with Crippen molar-refractivity contribution < 1.29 is 41.3 Å². The molecule has 6 heterocycles. The second kappa shape index (κ2) is 18.6. The molecule has 4 fully saturated rings. The van der Waals surface area contributed by atoms with Crippen LogP contribution < -0.4 is 24.0 Å². The van der Waals surface area contributed by atoms with Crippen LogP contribution in [0.1, 0.15) is 76.5 Å². The van der Waals surface area contributed by atoms with Gasteiger partial charge in [0.25, 0.3) is 5.92 Å². The minimum absolute atomic E-state index is 0.0797. The summed E-state index contributed by atoms with van der Waals surface area (Å²) in [7, 11) is 3.15. The zero-order valence-electron chi connectivity index (χ0n) is 39.1. The summed E-state index contributed by atoms with van der Waals surface area (Å²) < 4.78 is 87.9. The first-order valence-corrected chi connectivity index (χ1v) is 23.8. The molecule has 3 aromatic carbocycles. The van der Waals surface area contributed by atoms with E-state index in [1.807, 2.05) is 74.2 Å². The van der Waals surface area contributed by atoms with Crippen LogP contribution in [0.25, 0.3) is 22.2 Å². The van der Waals surface area contributed by atoms with Crippen molar-refractivity contribution in [2.24, 2.45) is 0 Å². The van der Waals surface area contributed by atoms with Gasteiger partial charge in [0.05, 0.1) is 64.4 Å². The Morgan fingerprint density at radius 1 is 0.868 bits per heavy atom. The van der Waals surface area contributed by atoms with Gasteiger partial charge in [0.1, 0.15) is 41.2 Å². The van der Waals surface area contributed by atoms with E-state index >= 15 is 13.2 Å². The standard InChI is InChI=1S/C51H56Cl2F4N6O5/c1-49(2,3)68-48(64)63-33-12-13-34(63)28-60(27-33)40-22-42(67-29-51-18-7-19-62(51)26-32(54)23-51)59-46-37(40)20-38(52)43(45(46)55)47-44(50(4,56)57)39(53)21-41(58-47)61(24-30-8-14-35(65-5)15-9-30)25-31-10-16-36(66-6)17-11-31/h8-11,14-17,20-22,32-34H,7,12-13,18-19,23-29H2,1-6H3/t32-,33?,34?,51+/m1/s1. The molecule has 0 aliphatic carbocycles. The molecule has 362 valence electrons. The molecule has 11 nitrogen and oxygen atoms in total. The normalized spacial score (nSPS) is 21.6. The number of nitrogens with zero attached hydrogens (tertiary/aromatic N) is 6. The van der Waals surface area contributed by atoms with Gasteiger partial charge in [-0.15, -0.1) is 0 Å². The highest BCUT2D eigenvalue weighted by molar-refractivity contribution is 6.35. The van der Waals surface area contributed by atoms with E-state index in [4.69, 9.17) is 52.1 Å². The number of halogens is 6. The number of hydrogen-bond donors (Lipinski definition) is 0. The fourth-order valence-electron chi connectivity index (χ4n) is 10.6. The van der Waals surface area contributed by atoms with E-state index in [0.29, 0.717) is 55.6 Å². The zero-order chi connectivity index (χ0) is 48.3. The number of hydrogen-bond acceptors (Lipinski definition) is 10. The van der Waals surface area contributed by atoms with Crippen LogP contribution in [0.3, 0.4) is 0 Å². The highest BCUT2D eigenvalue weighted by Crippen LogP contribution is 2.48. The maximum atomic E-state index is 18.0. The number of carbonyl (C=O) groups is 1. The Morgan fingerprint density at radius 2 is 1.49 bits per heavy atom. The first-order chi connectivity index (χ1) is 32.3. The summed E-state index contributed by atoms with van der Waals surface area (Å²) in [5, 5.41) is -0.216. The van der Waals surface area contributed by atoms with Crippen molar-refractivity contribution in [3.8, 4) is 28.6 Å². The van der Waals surface area contributed by atoms with Gasteiger partial charge < -0.3 is 28.7 Å². The maximum Gasteiger partial charge on any atom is 0.410 e. The fourth-order valence-corrected chi connectivity index (χ4v) is 11.2. The van der Waals surface area contributed by atoms with Crippen LogP contribution in [0.5, 0.6) is 17.4 Å². The molecule has 2 unspecified atom stereocenters. The summed E-state index contributed by atoms with van der Waals surface area (Å²) in [6, 6.07) is 19.0. The molecule has 4 aliphatic rings. The zero-order valence-corrected chi connectivity index (χ0v) is 40.6. The molecule has 4 aliphatic heterocycles. The molecule has 2 aromatic heterocycles. The van der Waals surface area contributed by atoms with Crippen LogP contribution in [-0.4, -0.2) is 102 Å². The molecule has 0 N–H and O–H groups in total. The summed E-state index contributed by atoms with van der Waals surface area (Å²) in [5.41, 5.74) is -0.726. The summed E-state index contributed by atoms with van der Waals surface area (Å²) >= 11 is 14.0. The minimum atomic E-state index is -3.60. The first-order valence-electron chi connectivity index (χ1n) is 23.0. The Labute approximate surface area is 404 Å². The molecule has 1 amide bonds. The smallest absolute Gasteiger partial charge is 0.410 e. The monoisotopic (exact) mass is 978 g/mol. The Balaban J connectivity index is 1.17. The number of alkyl halides is 3. The second-order valence-corrected chi connectivity index (χ2v) is 20.4. The van der Waals surface area contributed by atoms with Crippen LogP contribution in [0.2, 0.25) is 10.0 Å². The Morgan fingerprint density at radius 3 is 2.06 bits per heavy atom. The quantitative estimate of drug-likeness (QED) is 0.106. The number of ether oxygens (including phenoxy) is 4. The molecular weight excluding hydrogens is 923 g/mol. The predicted molar refractivity (Wildman–Crippen MR) is 256 cm³/mol. The number of aromatic nitrogens is 2. The van der Waals surface area contributed by atoms with Gasteiger partial charge in [-0.2, -0.15) is 0 Å². The van der Waals surface area contributed by atoms with Crippen LogP contribution >= 0.6 is 23.2 Å². The molecule has 0 spiro atoms. The van der Waals surface area contributed by atoms with Crippen molar-refractivity contribution in [3.63, 3.8) is 0 Å². The molecular formula is C51H56Cl2F4N6O5. The number of pyridine rings is 2. The van der Waals surface area contributed by atoms with E-state index in [1.165, 1.54) is 12.1 Å². The van der Waals surface area contributed by atoms with Gasteiger partial charge >= 0.3 is 6.09 Å². The number of rotatable bonds is 13. The van der Waals surface area contributed by atoms with Crippen molar-refractivity contribution in [1.82, 2.24) is 19.8 Å². The van der Waals surface area contributed by atoms with Gasteiger partial charge in [-0.1, -0.05) is 47.5 Å². The third-order valence-corrected chi connectivity index (χ3v) is 14.2. The number of piperazine rings is 1. The van der Waals surface area contributed by atoms with Crippen LogP contribution in [0, 0.1) is 5.82 Å². The third kappa shape index (κ3) is 9.54. The number of benzene rings is 3. The summed E-state index contributed by atoms with van der Waals surface area (Å²) in [5.74, 6) is -3.02. The Kier molecular flexibility index (Phi) is 13.1. The van der Waals surface area contributed by atoms with Gasteiger partial charge in [-0.25, -0.2) is 32.3 Å². The van der Waals surface area contributed by atoms with E-state index in [-0.39, 0.29) is 59.0 Å². The van der Waals surface area contributed by atoms with Crippen molar-refractivity contribution in [2.45, 2.75) is 108 Å². The Hall–Kier alpha value is -5.25. The fraction of sp³-hybridized carbons (Fsp3) is 0.471. The molecule has 5 aromatic rings. The van der Waals surface area contributed by atoms with E-state index in [1.54, 1.807) is 25.2 Å². The lowest BCUT2D eigenvalue weighted by atomic mass is 9.95. The molecule has 9 rings (SSSR count). The lowest BCUT2D eigenvalue weighted by Crippen LogP contribution is -2.56. The lowest BCUT2D eigenvalue weighted by Gasteiger charge is -2.42. The van der Waals surface area contributed by atoms with E-state index < -0.39 is 52.0 Å². The first kappa shape index (κ1) is 47.8. The molecule has 68 heavy (non-hydrogen) atoms. The number of carbonyl (C=O) groups excluding carboxylic acids is 1. The van der Waals surface area contributed by atoms with Crippen molar-refractivity contribution >= 4 is 51.7 Å². The summed E-state index contributed by atoms with van der Waals surface area (Å²) in [6.45, 7) is 8.64. The van der Waals surface area contributed by atoms with E-state index in [2.05, 4.69) is 9.80 Å². The Bertz CT molecular complexity index is 2620. The third-order valence-electron chi connectivity index (χ3n) is 13.6.